The Bertz CT molecular complexity index is 366. The maximum absolute atomic E-state index is 11.8. The number of nitrogens with one attached hydrogen (secondary N) is 1. The highest BCUT2D eigenvalue weighted by Gasteiger charge is 2.30. The Morgan fingerprint density at radius 1 is 1.41 bits per heavy atom. The van der Waals surface area contributed by atoms with Gasteiger partial charge in [-0.05, 0) is 5.56 Å². The van der Waals surface area contributed by atoms with Gasteiger partial charge >= 0.3 is 5.97 Å². The van der Waals surface area contributed by atoms with E-state index in [9.17, 15) is 4.79 Å². The Labute approximate surface area is 101 Å². The van der Waals surface area contributed by atoms with Crippen molar-refractivity contribution < 1.29 is 14.3 Å². The normalized spacial score (nSPS) is 23.6. The Morgan fingerprint density at radius 3 is 2.82 bits per heavy atom. The molecule has 92 valence electrons. The zero-order chi connectivity index (χ0) is 12.1. The fourth-order valence-corrected chi connectivity index (χ4v) is 1.90. The van der Waals surface area contributed by atoms with Crippen molar-refractivity contribution in [3.05, 3.63) is 35.9 Å². The number of rotatable bonds is 4. The van der Waals surface area contributed by atoms with Crippen molar-refractivity contribution in [2.75, 3.05) is 13.7 Å². The topological polar surface area (TPSA) is 47.6 Å². The molecule has 0 aliphatic carbocycles. The number of methoxy groups -OCH3 is 1. The van der Waals surface area contributed by atoms with E-state index < -0.39 is 0 Å². The van der Waals surface area contributed by atoms with Crippen LogP contribution in [-0.4, -0.2) is 25.9 Å². The van der Waals surface area contributed by atoms with E-state index in [1.165, 1.54) is 0 Å². The molecule has 2 rings (SSSR count). The van der Waals surface area contributed by atoms with Crippen molar-refractivity contribution >= 4 is 5.97 Å². The largest absolute Gasteiger partial charge is 0.461 e. The Morgan fingerprint density at radius 2 is 2.18 bits per heavy atom. The highest BCUT2D eigenvalue weighted by molar-refractivity contribution is 5.73. The molecule has 1 aliphatic rings. The van der Waals surface area contributed by atoms with Gasteiger partial charge < -0.3 is 9.47 Å². The molecule has 2 atom stereocenters. The minimum atomic E-state index is -0.152. The average Bonchev–Trinajstić information content (AvgIpc) is 2.86. The number of hydrogen-bond acceptors (Lipinski definition) is 4. The summed E-state index contributed by atoms with van der Waals surface area (Å²) in [5.41, 5.74) is 1.01. The third-order valence-corrected chi connectivity index (χ3v) is 2.93. The standard InChI is InChI=1S/C13H17NO3/c1-16-12-7-11(8-14-12)13(15)17-9-10-5-3-2-4-6-10/h2-6,11-12,14H,7-9H2,1H3/t11-,12+/m1/s1. The van der Waals surface area contributed by atoms with E-state index in [4.69, 9.17) is 9.47 Å². The third-order valence-electron chi connectivity index (χ3n) is 2.93. The zero-order valence-electron chi connectivity index (χ0n) is 9.89. The molecule has 1 aromatic rings. The summed E-state index contributed by atoms with van der Waals surface area (Å²) >= 11 is 0. The van der Waals surface area contributed by atoms with E-state index in [-0.39, 0.29) is 18.1 Å². The molecule has 1 fully saturated rings. The van der Waals surface area contributed by atoms with Gasteiger partial charge in [0.1, 0.15) is 12.8 Å². The quantitative estimate of drug-likeness (QED) is 0.799. The predicted molar refractivity (Wildman–Crippen MR) is 63.1 cm³/mol. The summed E-state index contributed by atoms with van der Waals surface area (Å²) in [5, 5.41) is 3.11. The van der Waals surface area contributed by atoms with E-state index in [0.29, 0.717) is 19.6 Å². The smallest absolute Gasteiger partial charge is 0.310 e. The SMILES string of the molecule is CO[C@H]1C[C@@H](C(=O)OCc2ccccc2)CN1. The molecule has 1 aromatic carbocycles. The molecule has 0 spiro atoms. The summed E-state index contributed by atoms with van der Waals surface area (Å²) < 4.78 is 10.4. The number of carbonyl (C=O) groups excluding carboxylic acids is 1. The Kier molecular flexibility index (Phi) is 4.12. The monoisotopic (exact) mass is 235 g/mol. The Hall–Kier alpha value is -1.39. The lowest BCUT2D eigenvalue weighted by molar-refractivity contribution is -0.149. The summed E-state index contributed by atoms with van der Waals surface area (Å²) in [6.45, 7) is 0.972. The third kappa shape index (κ3) is 3.28. The molecule has 0 unspecified atom stereocenters. The first kappa shape index (κ1) is 12.1. The van der Waals surface area contributed by atoms with Crippen molar-refractivity contribution in [2.24, 2.45) is 5.92 Å². The maximum atomic E-state index is 11.8. The van der Waals surface area contributed by atoms with E-state index in [1.54, 1.807) is 7.11 Å². The molecule has 1 heterocycles. The molecule has 0 radical (unpaired) electrons. The van der Waals surface area contributed by atoms with E-state index in [1.807, 2.05) is 30.3 Å². The molecule has 1 saturated heterocycles. The van der Waals surface area contributed by atoms with Crippen LogP contribution < -0.4 is 5.32 Å². The van der Waals surface area contributed by atoms with Crippen LogP contribution in [0.5, 0.6) is 0 Å². The number of hydrogen-bond donors (Lipinski definition) is 1. The average molecular weight is 235 g/mol. The van der Waals surface area contributed by atoms with Crippen molar-refractivity contribution in [2.45, 2.75) is 19.3 Å². The molecule has 4 nitrogen and oxygen atoms in total. The summed E-state index contributed by atoms with van der Waals surface area (Å²) in [6.07, 6.45) is 0.661. The molecule has 1 N–H and O–H groups in total. The highest BCUT2D eigenvalue weighted by atomic mass is 16.5. The van der Waals surface area contributed by atoms with Crippen LogP contribution >= 0.6 is 0 Å². The van der Waals surface area contributed by atoms with Gasteiger partial charge in [0.25, 0.3) is 0 Å². The zero-order valence-corrected chi connectivity index (χ0v) is 9.89. The fourth-order valence-electron chi connectivity index (χ4n) is 1.90. The molecule has 1 aliphatic heterocycles. The molecular formula is C13H17NO3. The molecule has 0 saturated carbocycles. The van der Waals surface area contributed by atoms with Crippen LogP contribution in [0.25, 0.3) is 0 Å². The Balaban J connectivity index is 1.78. The van der Waals surface area contributed by atoms with Gasteiger partial charge in [-0.1, -0.05) is 30.3 Å². The lowest BCUT2D eigenvalue weighted by atomic mass is 10.1. The van der Waals surface area contributed by atoms with Crippen LogP contribution in [0.1, 0.15) is 12.0 Å². The predicted octanol–water partition coefficient (Wildman–Crippen LogP) is 1.31. The number of ether oxygens (including phenoxy) is 2. The summed E-state index contributed by atoms with van der Waals surface area (Å²) in [6, 6.07) is 9.69. The molecule has 0 amide bonds. The van der Waals surface area contributed by atoms with Crippen molar-refractivity contribution in [3.8, 4) is 0 Å². The first-order valence-corrected chi connectivity index (χ1v) is 5.76. The van der Waals surface area contributed by atoms with E-state index in [2.05, 4.69) is 5.32 Å². The highest BCUT2D eigenvalue weighted by Crippen LogP contribution is 2.16. The maximum Gasteiger partial charge on any atom is 0.310 e. The van der Waals surface area contributed by atoms with Crippen molar-refractivity contribution in [1.82, 2.24) is 5.32 Å². The molecule has 17 heavy (non-hydrogen) atoms. The summed E-state index contributed by atoms with van der Waals surface area (Å²) in [5.74, 6) is -0.246. The van der Waals surface area contributed by atoms with Crippen LogP contribution in [0, 0.1) is 5.92 Å². The van der Waals surface area contributed by atoms with E-state index in [0.717, 1.165) is 5.56 Å². The molecule has 0 aromatic heterocycles. The molecule has 0 bridgehead atoms. The van der Waals surface area contributed by atoms with Gasteiger partial charge in [-0.15, -0.1) is 0 Å². The van der Waals surface area contributed by atoms with Crippen molar-refractivity contribution in [3.63, 3.8) is 0 Å². The van der Waals surface area contributed by atoms with Crippen LogP contribution in [0.4, 0.5) is 0 Å². The van der Waals surface area contributed by atoms with Gasteiger partial charge in [-0.2, -0.15) is 0 Å². The minimum Gasteiger partial charge on any atom is -0.461 e. The number of esters is 1. The number of carbonyl (C=O) groups is 1. The fraction of sp³-hybridized carbons (Fsp3) is 0.462. The first-order chi connectivity index (χ1) is 8.29. The van der Waals surface area contributed by atoms with Crippen LogP contribution in [0.15, 0.2) is 30.3 Å². The minimum absolute atomic E-state index is 0.0238. The van der Waals surface area contributed by atoms with Gasteiger partial charge in [0.05, 0.1) is 5.92 Å². The van der Waals surface area contributed by atoms with Gasteiger partial charge in [0.15, 0.2) is 0 Å². The van der Waals surface area contributed by atoms with Gasteiger partial charge in [0.2, 0.25) is 0 Å². The summed E-state index contributed by atoms with van der Waals surface area (Å²) in [4.78, 5) is 11.8. The van der Waals surface area contributed by atoms with Crippen LogP contribution in [0.2, 0.25) is 0 Å². The molecular weight excluding hydrogens is 218 g/mol. The lowest BCUT2D eigenvalue weighted by Gasteiger charge is -2.09. The lowest BCUT2D eigenvalue weighted by Crippen LogP contribution is -2.23. The second-order valence-electron chi connectivity index (χ2n) is 4.16. The molecule has 4 heteroatoms. The second kappa shape index (κ2) is 5.80. The van der Waals surface area contributed by atoms with Crippen molar-refractivity contribution in [1.29, 1.82) is 0 Å². The van der Waals surface area contributed by atoms with Crippen LogP contribution in [-0.2, 0) is 20.9 Å². The summed E-state index contributed by atoms with van der Waals surface area (Å²) in [7, 11) is 1.63. The second-order valence-corrected chi connectivity index (χ2v) is 4.16. The van der Waals surface area contributed by atoms with E-state index >= 15 is 0 Å². The first-order valence-electron chi connectivity index (χ1n) is 5.76. The van der Waals surface area contributed by atoms with Gasteiger partial charge in [-0.3, -0.25) is 10.1 Å². The van der Waals surface area contributed by atoms with Crippen LogP contribution in [0.3, 0.4) is 0 Å². The van der Waals surface area contributed by atoms with Gasteiger partial charge in [-0.25, -0.2) is 0 Å². The van der Waals surface area contributed by atoms with Gasteiger partial charge in [0, 0.05) is 20.1 Å². The number of benzene rings is 1.